The van der Waals surface area contributed by atoms with Crippen LogP contribution in [-0.4, -0.2) is 26.3 Å². The molecule has 0 heterocycles. The molecule has 2 saturated carbocycles. The van der Waals surface area contributed by atoms with Gasteiger partial charge in [-0.3, -0.25) is 0 Å². The van der Waals surface area contributed by atoms with Crippen molar-refractivity contribution in [3.8, 4) is 0 Å². The lowest BCUT2D eigenvalue weighted by molar-refractivity contribution is -0.139. The van der Waals surface area contributed by atoms with Gasteiger partial charge >= 0.3 is 5.97 Å². The average Bonchev–Trinajstić information content (AvgIpc) is 2.99. The third-order valence-electron chi connectivity index (χ3n) is 10.9. The van der Waals surface area contributed by atoms with Crippen molar-refractivity contribution in [1.29, 1.82) is 0 Å². The molecule has 224 valence electrons. The minimum absolute atomic E-state index is 0.266. The van der Waals surface area contributed by atoms with Crippen molar-refractivity contribution < 1.29 is 14.3 Å². The fraction of sp³-hybridized carbons (Fsp3) is 0.757. The molecule has 4 rings (SSSR count). The number of carbonyl (C=O) groups is 1. The molecule has 3 aliphatic rings. The number of esters is 1. The van der Waals surface area contributed by atoms with Crippen molar-refractivity contribution in [1.82, 2.24) is 0 Å². The van der Waals surface area contributed by atoms with Crippen LogP contribution in [0.15, 0.2) is 30.4 Å². The number of hydrogen-bond donors (Lipinski definition) is 0. The molecule has 0 amide bonds. The molecule has 2 fully saturated rings. The van der Waals surface area contributed by atoms with Crippen molar-refractivity contribution in [2.75, 3.05) is 20.3 Å². The number of methoxy groups -OCH3 is 1. The highest BCUT2D eigenvalue weighted by atomic mass is 16.5. The van der Waals surface area contributed by atoms with E-state index in [1.165, 1.54) is 96.3 Å². The first-order valence-corrected chi connectivity index (χ1v) is 16.9. The molecular weight excluding hydrogens is 492 g/mol. The Balaban J connectivity index is 1.24. The second-order valence-corrected chi connectivity index (χ2v) is 13.7. The monoisotopic (exact) mass is 550 g/mol. The highest BCUT2D eigenvalue weighted by Crippen LogP contribution is 2.44. The minimum Gasteiger partial charge on any atom is -0.462 e. The van der Waals surface area contributed by atoms with Crippen molar-refractivity contribution in [2.24, 2.45) is 29.6 Å². The Morgan fingerprint density at radius 2 is 1.68 bits per heavy atom. The van der Waals surface area contributed by atoms with E-state index in [2.05, 4.69) is 31.7 Å². The van der Waals surface area contributed by atoms with Gasteiger partial charge in [-0.15, -0.1) is 0 Å². The molecule has 0 N–H and O–H groups in total. The molecular formula is C37H58O3. The summed E-state index contributed by atoms with van der Waals surface area (Å²) in [7, 11) is 1.79. The van der Waals surface area contributed by atoms with Crippen LogP contribution in [-0.2, 0) is 27.1 Å². The number of rotatable bonds is 14. The fourth-order valence-electron chi connectivity index (χ4n) is 8.33. The van der Waals surface area contributed by atoms with Crippen LogP contribution in [0, 0.1) is 29.6 Å². The van der Waals surface area contributed by atoms with Gasteiger partial charge in [0.15, 0.2) is 0 Å². The van der Waals surface area contributed by atoms with E-state index in [0.717, 1.165) is 37.2 Å². The summed E-state index contributed by atoms with van der Waals surface area (Å²) in [4.78, 5) is 11.8. The third kappa shape index (κ3) is 8.94. The standard InChI is InChI=1S/C37H58O3/c1-5-6-7-8-28-9-11-30(12-10-28)33-17-19-36-26-34(18-20-35(36)25-33)31-15-13-29(14-16-31)32(21-23-39-4)22-24-40-37(38)27(2)3/h18,20,26,28-33H,2,5-17,19,21-25H2,1,3-4H3. The quantitative estimate of drug-likeness (QED) is 0.131. The Morgan fingerprint density at radius 1 is 0.925 bits per heavy atom. The smallest absolute Gasteiger partial charge is 0.333 e. The van der Waals surface area contributed by atoms with Gasteiger partial charge in [-0.2, -0.15) is 0 Å². The van der Waals surface area contributed by atoms with Crippen molar-refractivity contribution in [3.63, 3.8) is 0 Å². The van der Waals surface area contributed by atoms with Gasteiger partial charge in [0.05, 0.1) is 6.61 Å². The van der Waals surface area contributed by atoms with E-state index in [0.29, 0.717) is 29.9 Å². The Hall–Kier alpha value is -1.61. The van der Waals surface area contributed by atoms with Gasteiger partial charge in [0.1, 0.15) is 0 Å². The van der Waals surface area contributed by atoms with Crippen molar-refractivity contribution in [3.05, 3.63) is 47.0 Å². The zero-order chi connectivity index (χ0) is 28.3. The summed E-state index contributed by atoms with van der Waals surface area (Å²) >= 11 is 0. The van der Waals surface area contributed by atoms with Gasteiger partial charge in [0, 0.05) is 19.3 Å². The highest BCUT2D eigenvalue weighted by Gasteiger charge is 2.32. The zero-order valence-corrected chi connectivity index (χ0v) is 26.1. The molecule has 0 saturated heterocycles. The largest absolute Gasteiger partial charge is 0.462 e. The second-order valence-electron chi connectivity index (χ2n) is 13.7. The summed E-state index contributed by atoms with van der Waals surface area (Å²) in [5.41, 5.74) is 5.38. The molecule has 3 nitrogen and oxygen atoms in total. The number of benzene rings is 1. The number of aryl methyl sites for hydroxylation is 1. The lowest BCUT2D eigenvalue weighted by atomic mass is 9.68. The summed E-state index contributed by atoms with van der Waals surface area (Å²) in [6.07, 6.45) is 22.8. The number of fused-ring (bicyclic) bond motifs is 1. The predicted octanol–water partition coefficient (Wildman–Crippen LogP) is 9.61. The summed E-state index contributed by atoms with van der Waals surface area (Å²) in [5, 5.41) is 0. The summed E-state index contributed by atoms with van der Waals surface area (Å²) in [6, 6.07) is 7.59. The molecule has 1 aromatic rings. The van der Waals surface area contributed by atoms with E-state index >= 15 is 0 Å². The van der Waals surface area contributed by atoms with Crippen LogP contribution in [0.3, 0.4) is 0 Å². The number of unbranched alkanes of at least 4 members (excludes halogenated alkanes) is 2. The number of hydrogen-bond acceptors (Lipinski definition) is 3. The third-order valence-corrected chi connectivity index (χ3v) is 10.9. The maximum atomic E-state index is 11.8. The molecule has 0 aromatic heterocycles. The minimum atomic E-state index is -0.266. The molecule has 3 aliphatic carbocycles. The normalized spacial score (nSPS) is 27.5. The van der Waals surface area contributed by atoms with E-state index in [4.69, 9.17) is 9.47 Å². The highest BCUT2D eigenvalue weighted by molar-refractivity contribution is 5.86. The van der Waals surface area contributed by atoms with Gasteiger partial charge in [-0.05, 0) is 130 Å². The molecule has 3 heteroatoms. The average molecular weight is 551 g/mol. The van der Waals surface area contributed by atoms with E-state index in [9.17, 15) is 4.79 Å². The molecule has 0 aliphatic heterocycles. The molecule has 0 bridgehead atoms. The summed E-state index contributed by atoms with van der Waals surface area (Å²) in [6.45, 7) is 9.01. The van der Waals surface area contributed by atoms with Crippen LogP contribution in [0.4, 0.5) is 0 Å². The first-order valence-electron chi connectivity index (χ1n) is 16.9. The maximum absolute atomic E-state index is 11.8. The van der Waals surface area contributed by atoms with Crippen LogP contribution < -0.4 is 0 Å². The van der Waals surface area contributed by atoms with Crippen LogP contribution in [0.2, 0.25) is 0 Å². The van der Waals surface area contributed by atoms with Crippen molar-refractivity contribution >= 4 is 5.97 Å². The molecule has 0 spiro atoms. The van der Waals surface area contributed by atoms with Gasteiger partial charge < -0.3 is 9.47 Å². The predicted molar refractivity (Wildman–Crippen MR) is 167 cm³/mol. The molecule has 0 radical (unpaired) electrons. The molecule has 1 aromatic carbocycles. The summed E-state index contributed by atoms with van der Waals surface area (Å²) in [5.74, 6) is 4.61. The van der Waals surface area contributed by atoms with E-state index in [-0.39, 0.29) is 5.97 Å². The Labute approximate surface area is 245 Å². The molecule has 2 unspecified atom stereocenters. The lowest BCUT2D eigenvalue weighted by Crippen LogP contribution is -2.27. The van der Waals surface area contributed by atoms with Gasteiger partial charge in [0.2, 0.25) is 0 Å². The second kappa shape index (κ2) is 16.1. The zero-order valence-electron chi connectivity index (χ0n) is 26.1. The van der Waals surface area contributed by atoms with Gasteiger partial charge in [0.25, 0.3) is 0 Å². The fourth-order valence-corrected chi connectivity index (χ4v) is 8.33. The van der Waals surface area contributed by atoms with Crippen molar-refractivity contribution in [2.45, 2.75) is 129 Å². The topological polar surface area (TPSA) is 35.5 Å². The van der Waals surface area contributed by atoms with Gasteiger partial charge in [-0.1, -0.05) is 70.2 Å². The SMILES string of the molecule is C=C(C)C(=O)OCCC(CCOC)C1CCC(c2ccc3c(c2)CCC(C2CCC(CCCCC)CC2)C3)CC1. The first-order chi connectivity index (χ1) is 19.5. The Morgan fingerprint density at radius 3 is 2.38 bits per heavy atom. The number of ether oxygens (including phenoxy) is 2. The Bertz CT molecular complexity index is 919. The van der Waals surface area contributed by atoms with Crippen LogP contribution in [0.1, 0.15) is 133 Å². The van der Waals surface area contributed by atoms with E-state index in [1.807, 2.05) is 0 Å². The van der Waals surface area contributed by atoms with E-state index < -0.39 is 0 Å². The van der Waals surface area contributed by atoms with Crippen LogP contribution in [0.25, 0.3) is 0 Å². The van der Waals surface area contributed by atoms with Gasteiger partial charge in [-0.25, -0.2) is 4.79 Å². The van der Waals surface area contributed by atoms with Crippen LogP contribution >= 0.6 is 0 Å². The van der Waals surface area contributed by atoms with Crippen LogP contribution in [0.5, 0.6) is 0 Å². The molecule has 40 heavy (non-hydrogen) atoms. The Kier molecular flexibility index (Phi) is 12.6. The summed E-state index contributed by atoms with van der Waals surface area (Å²) < 4.78 is 10.9. The molecule has 2 atom stereocenters. The lowest BCUT2D eigenvalue weighted by Gasteiger charge is -2.37. The van der Waals surface area contributed by atoms with E-state index in [1.54, 1.807) is 30.7 Å². The first kappa shape index (κ1) is 31.3. The number of carbonyl (C=O) groups excluding carboxylic acids is 1. The maximum Gasteiger partial charge on any atom is 0.333 e.